The van der Waals surface area contributed by atoms with E-state index in [0.717, 1.165) is 36.1 Å². The largest absolute Gasteiger partial charge is 0.377 e. The Balaban J connectivity index is 0.880. The normalized spacial score (nSPS) is 21.0. The number of carbonyl (C=O) groups is 3. The standard InChI is InChI=1S/C37H49N7O9S/c38-54(48,49)53-24-27-22-28(43-16-13-30-36(40-25-41-37(30)43)42-31-10-9-26-6-3-4-7-29(26)31)23-32(27)52-21-20-51-19-18-50-17-14-39-33(45)8-2-1-5-15-44-34(46)11-12-35(44)47/h3-4,6-7,11-13,16,25,27-28,31-32H,1-2,5,8-10,14-15,17-24H2,(H,39,45)(H2,38,48,49)(H,40,41,42)/t27-,28+,31-,32-/m0/s1. The van der Waals surface area contributed by atoms with Gasteiger partial charge in [0.05, 0.1) is 57.2 Å². The summed E-state index contributed by atoms with van der Waals surface area (Å²) in [6.45, 7) is 2.31. The molecule has 1 aliphatic heterocycles. The van der Waals surface area contributed by atoms with E-state index in [0.29, 0.717) is 78.2 Å². The lowest BCUT2D eigenvalue weighted by molar-refractivity contribution is -0.137. The highest BCUT2D eigenvalue weighted by Crippen LogP contribution is 2.40. The molecular weight excluding hydrogens is 719 g/mol. The molecule has 3 aliphatic rings. The molecule has 1 aromatic carbocycles. The van der Waals surface area contributed by atoms with Crippen LogP contribution in [0.5, 0.6) is 0 Å². The van der Waals surface area contributed by atoms with Crippen molar-refractivity contribution in [1.29, 1.82) is 0 Å². The highest BCUT2D eigenvalue weighted by Gasteiger charge is 2.37. The summed E-state index contributed by atoms with van der Waals surface area (Å²) in [5.74, 6) is -0.0885. The first-order chi connectivity index (χ1) is 26.2. The van der Waals surface area contributed by atoms with Crippen LogP contribution in [0.2, 0.25) is 0 Å². The molecular formula is C37H49N7O9S. The fraction of sp³-hybridized carbons (Fsp3) is 0.541. The number of amides is 3. The Bertz CT molecular complexity index is 1880. The van der Waals surface area contributed by atoms with Gasteiger partial charge < -0.3 is 29.4 Å². The Kier molecular flexibility index (Phi) is 13.8. The molecule has 6 rings (SSSR count). The van der Waals surface area contributed by atoms with Crippen molar-refractivity contribution in [3.8, 4) is 0 Å². The van der Waals surface area contributed by atoms with Crippen molar-refractivity contribution in [2.24, 2.45) is 11.1 Å². The number of imide groups is 1. The molecule has 2 aromatic heterocycles. The molecule has 4 N–H and O–H groups in total. The first-order valence-corrected chi connectivity index (χ1v) is 20.0. The fourth-order valence-corrected chi connectivity index (χ4v) is 7.78. The van der Waals surface area contributed by atoms with E-state index >= 15 is 0 Å². The van der Waals surface area contributed by atoms with Crippen molar-refractivity contribution in [2.45, 2.75) is 69.6 Å². The van der Waals surface area contributed by atoms with Crippen LogP contribution >= 0.6 is 0 Å². The number of nitrogens with two attached hydrogens (primary N) is 1. The van der Waals surface area contributed by atoms with Crippen molar-refractivity contribution < 1.29 is 41.2 Å². The zero-order valence-corrected chi connectivity index (χ0v) is 31.1. The Morgan fingerprint density at radius 1 is 0.944 bits per heavy atom. The molecule has 16 nitrogen and oxygen atoms in total. The topological polar surface area (TPSA) is 206 Å². The third kappa shape index (κ3) is 10.7. The fourth-order valence-electron chi connectivity index (χ4n) is 7.41. The van der Waals surface area contributed by atoms with Crippen molar-refractivity contribution in [1.82, 2.24) is 24.8 Å². The second kappa shape index (κ2) is 18.9. The number of ether oxygens (including phenoxy) is 3. The summed E-state index contributed by atoms with van der Waals surface area (Å²) in [7, 11) is -4.11. The number of fused-ring (bicyclic) bond motifs is 2. The first kappa shape index (κ1) is 39.4. The van der Waals surface area contributed by atoms with E-state index in [1.54, 1.807) is 6.33 Å². The van der Waals surface area contributed by atoms with Gasteiger partial charge in [-0.25, -0.2) is 15.1 Å². The van der Waals surface area contributed by atoms with Gasteiger partial charge in [-0.2, -0.15) is 8.42 Å². The van der Waals surface area contributed by atoms with Gasteiger partial charge in [0.25, 0.3) is 11.8 Å². The van der Waals surface area contributed by atoms with Gasteiger partial charge >= 0.3 is 10.3 Å². The highest BCUT2D eigenvalue weighted by atomic mass is 32.2. The lowest BCUT2D eigenvalue weighted by atomic mass is 10.1. The van der Waals surface area contributed by atoms with Crippen LogP contribution in [0.3, 0.4) is 0 Å². The summed E-state index contributed by atoms with van der Waals surface area (Å²) in [5.41, 5.74) is 3.44. The maximum atomic E-state index is 12.1. The highest BCUT2D eigenvalue weighted by molar-refractivity contribution is 7.84. The van der Waals surface area contributed by atoms with Crippen LogP contribution in [0.1, 0.15) is 68.2 Å². The second-order valence-electron chi connectivity index (χ2n) is 13.7. The third-order valence-corrected chi connectivity index (χ3v) is 10.5. The van der Waals surface area contributed by atoms with Crippen LogP contribution in [0, 0.1) is 5.92 Å². The number of hydrogen-bond acceptors (Lipinski definition) is 12. The van der Waals surface area contributed by atoms with E-state index in [1.807, 2.05) is 12.3 Å². The number of carbonyl (C=O) groups excluding carboxylic acids is 3. The maximum Gasteiger partial charge on any atom is 0.333 e. The van der Waals surface area contributed by atoms with Crippen LogP contribution in [-0.2, 0) is 49.5 Å². The van der Waals surface area contributed by atoms with E-state index in [-0.39, 0.29) is 48.4 Å². The van der Waals surface area contributed by atoms with Gasteiger partial charge in [-0.05, 0) is 55.7 Å². The molecule has 0 bridgehead atoms. The number of aromatic nitrogens is 3. The van der Waals surface area contributed by atoms with Crippen LogP contribution in [0.15, 0.2) is 55.0 Å². The number of rotatable bonds is 22. The van der Waals surface area contributed by atoms with Gasteiger partial charge in [-0.3, -0.25) is 23.5 Å². The van der Waals surface area contributed by atoms with E-state index in [2.05, 4.69) is 49.4 Å². The first-order valence-electron chi connectivity index (χ1n) is 18.6. The molecule has 4 atom stereocenters. The average Bonchev–Trinajstić information content (AvgIpc) is 3.94. The predicted molar refractivity (Wildman–Crippen MR) is 198 cm³/mol. The Morgan fingerprint density at radius 3 is 2.54 bits per heavy atom. The summed E-state index contributed by atoms with van der Waals surface area (Å²) >= 11 is 0. The Labute approximate surface area is 315 Å². The Morgan fingerprint density at radius 2 is 1.72 bits per heavy atom. The van der Waals surface area contributed by atoms with Crippen LogP contribution in [0.4, 0.5) is 5.82 Å². The molecule has 0 spiro atoms. The van der Waals surface area contributed by atoms with Gasteiger partial charge in [0.1, 0.15) is 17.8 Å². The zero-order chi connectivity index (χ0) is 37.9. The zero-order valence-electron chi connectivity index (χ0n) is 30.3. The molecule has 0 unspecified atom stereocenters. The van der Waals surface area contributed by atoms with Crippen molar-refractivity contribution in [3.63, 3.8) is 0 Å². The molecule has 0 radical (unpaired) electrons. The lowest BCUT2D eigenvalue weighted by Gasteiger charge is -2.19. The molecule has 1 fully saturated rings. The van der Waals surface area contributed by atoms with Crippen LogP contribution in [-0.4, -0.2) is 104 Å². The van der Waals surface area contributed by atoms with Crippen molar-refractivity contribution in [2.75, 3.05) is 58.0 Å². The molecule has 1 saturated carbocycles. The van der Waals surface area contributed by atoms with Gasteiger partial charge in [-0.1, -0.05) is 30.7 Å². The minimum Gasteiger partial charge on any atom is -0.377 e. The SMILES string of the molecule is NS(=O)(=O)OC[C@@H]1C[C@@H](n2ccc3c(N[C@H]4CCc5ccccc54)ncnc32)C[C@@H]1OCCOCCOCCNC(=O)CCCCCN1C(=O)C=CC1=O. The van der Waals surface area contributed by atoms with Gasteiger partial charge in [0, 0.05) is 49.8 Å². The molecule has 3 heterocycles. The quantitative estimate of drug-likeness (QED) is 0.0997. The summed E-state index contributed by atoms with van der Waals surface area (Å²) in [4.78, 5) is 45.6. The smallest absolute Gasteiger partial charge is 0.333 e. The van der Waals surface area contributed by atoms with Crippen LogP contribution in [0.25, 0.3) is 11.0 Å². The second-order valence-corrected chi connectivity index (χ2v) is 15.0. The third-order valence-electron chi connectivity index (χ3n) is 10.1. The van der Waals surface area contributed by atoms with Crippen molar-refractivity contribution in [3.05, 3.63) is 66.1 Å². The van der Waals surface area contributed by atoms with E-state index in [4.69, 9.17) is 23.5 Å². The molecule has 3 aromatic rings. The van der Waals surface area contributed by atoms with E-state index in [9.17, 15) is 22.8 Å². The van der Waals surface area contributed by atoms with Crippen molar-refractivity contribution >= 4 is 44.9 Å². The van der Waals surface area contributed by atoms with Gasteiger partial charge in [-0.15, -0.1) is 0 Å². The monoisotopic (exact) mass is 767 g/mol. The Hall–Kier alpha value is -4.26. The van der Waals surface area contributed by atoms with Crippen LogP contribution < -0.4 is 15.8 Å². The molecule has 17 heteroatoms. The molecule has 0 saturated heterocycles. The lowest BCUT2D eigenvalue weighted by Crippen LogP contribution is -2.31. The number of nitrogens with zero attached hydrogens (tertiary/aromatic N) is 4. The molecule has 2 aliphatic carbocycles. The van der Waals surface area contributed by atoms with E-state index < -0.39 is 10.3 Å². The summed E-state index contributed by atoms with van der Waals surface area (Å²) in [6, 6.07) is 10.6. The molecule has 3 amide bonds. The van der Waals surface area contributed by atoms with E-state index in [1.165, 1.54) is 28.2 Å². The molecule has 292 valence electrons. The molecule has 54 heavy (non-hydrogen) atoms. The number of unbranched alkanes of at least 4 members (excludes halogenated alkanes) is 2. The summed E-state index contributed by atoms with van der Waals surface area (Å²) in [6.07, 6.45) is 11.5. The van der Waals surface area contributed by atoms with Gasteiger partial charge in [0.2, 0.25) is 5.91 Å². The number of aryl methyl sites for hydroxylation is 1. The minimum absolute atomic E-state index is 0.0113. The number of hydrogen-bond donors (Lipinski definition) is 3. The summed E-state index contributed by atoms with van der Waals surface area (Å²) in [5, 5.41) is 12.5. The average molecular weight is 768 g/mol. The number of nitrogens with one attached hydrogen (secondary N) is 2. The van der Waals surface area contributed by atoms with Gasteiger partial charge in [0.15, 0.2) is 0 Å². The number of benzene rings is 1. The maximum absolute atomic E-state index is 12.1. The summed E-state index contributed by atoms with van der Waals surface area (Å²) < 4.78 is 47.8. The minimum atomic E-state index is -4.11. The number of anilines is 1. The predicted octanol–water partition coefficient (Wildman–Crippen LogP) is 2.72.